The summed E-state index contributed by atoms with van der Waals surface area (Å²) >= 11 is 0. The quantitative estimate of drug-likeness (QED) is 0.799. The van der Waals surface area contributed by atoms with Crippen LogP contribution in [0.3, 0.4) is 0 Å². The van der Waals surface area contributed by atoms with Crippen LogP contribution >= 0.6 is 0 Å². The van der Waals surface area contributed by atoms with E-state index in [1.54, 1.807) is 25.1 Å². The molecule has 1 aliphatic rings. The third-order valence-corrected chi connectivity index (χ3v) is 4.14. The minimum atomic E-state index is -0.725. The van der Waals surface area contributed by atoms with Gasteiger partial charge < -0.3 is 24.9 Å². The van der Waals surface area contributed by atoms with E-state index >= 15 is 0 Å². The van der Waals surface area contributed by atoms with Crippen LogP contribution in [0.4, 0.5) is 11.4 Å². The van der Waals surface area contributed by atoms with Crippen molar-refractivity contribution in [1.29, 1.82) is 0 Å². The molecule has 2 amide bonds. The fourth-order valence-corrected chi connectivity index (χ4v) is 2.76. The van der Waals surface area contributed by atoms with Gasteiger partial charge in [-0.1, -0.05) is 23.4 Å². The maximum atomic E-state index is 12.7. The summed E-state index contributed by atoms with van der Waals surface area (Å²) in [6.07, 6.45) is -0.322. The molecule has 1 unspecified atom stereocenters. The van der Waals surface area contributed by atoms with Crippen LogP contribution in [0.1, 0.15) is 23.7 Å². The Morgan fingerprint density at radius 1 is 1.11 bits per heavy atom. The molecule has 28 heavy (non-hydrogen) atoms. The topological polar surface area (TPSA) is 98.3 Å². The lowest BCUT2D eigenvalue weighted by atomic mass is 10.1. The lowest BCUT2D eigenvalue weighted by Gasteiger charge is -2.17. The molecule has 1 aliphatic heterocycles. The highest BCUT2D eigenvalue weighted by Crippen LogP contribution is 2.37. The molecule has 2 aromatic rings. The first-order valence-corrected chi connectivity index (χ1v) is 8.64. The van der Waals surface area contributed by atoms with Crippen molar-refractivity contribution in [1.82, 2.24) is 0 Å². The fraction of sp³-hybridized carbons (Fsp3) is 0.250. The highest BCUT2D eigenvalue weighted by molar-refractivity contribution is 6.07. The molecule has 0 radical (unpaired) electrons. The number of carbonyl (C=O) groups excluding carboxylic acids is 2. The van der Waals surface area contributed by atoms with E-state index in [0.717, 1.165) is 5.71 Å². The average molecular weight is 383 g/mol. The van der Waals surface area contributed by atoms with Crippen LogP contribution < -0.4 is 20.1 Å². The number of nitrogens with zero attached hydrogens (tertiary/aromatic N) is 1. The van der Waals surface area contributed by atoms with Crippen molar-refractivity contribution in [3.63, 3.8) is 0 Å². The van der Waals surface area contributed by atoms with Crippen LogP contribution in [0.15, 0.2) is 47.6 Å². The molecule has 2 N–H and O–H groups in total. The molecule has 3 rings (SSSR count). The molecule has 2 aromatic carbocycles. The van der Waals surface area contributed by atoms with Crippen molar-refractivity contribution in [2.24, 2.45) is 5.16 Å². The first kappa shape index (κ1) is 19.2. The van der Waals surface area contributed by atoms with Gasteiger partial charge in [0, 0.05) is 17.7 Å². The molecule has 0 saturated heterocycles. The molecule has 1 heterocycles. The normalized spacial score (nSPS) is 15.2. The van der Waals surface area contributed by atoms with Gasteiger partial charge in [-0.15, -0.1) is 0 Å². The molecule has 0 spiro atoms. The number of ether oxygens (including phenoxy) is 2. The van der Waals surface area contributed by atoms with Gasteiger partial charge in [-0.05, 0) is 31.2 Å². The Bertz CT molecular complexity index is 912. The summed E-state index contributed by atoms with van der Waals surface area (Å²) in [5, 5.41) is 9.32. The maximum absolute atomic E-state index is 12.7. The van der Waals surface area contributed by atoms with Crippen molar-refractivity contribution >= 4 is 28.9 Å². The van der Waals surface area contributed by atoms with E-state index < -0.39 is 6.10 Å². The van der Waals surface area contributed by atoms with E-state index in [4.69, 9.17) is 14.3 Å². The van der Waals surface area contributed by atoms with Crippen LogP contribution in [-0.4, -0.2) is 37.8 Å². The van der Waals surface area contributed by atoms with Gasteiger partial charge in [0.1, 0.15) is 0 Å². The summed E-state index contributed by atoms with van der Waals surface area (Å²) in [6, 6.07) is 12.1. The molecule has 8 heteroatoms. The fourth-order valence-electron chi connectivity index (χ4n) is 2.76. The van der Waals surface area contributed by atoms with E-state index in [9.17, 15) is 9.59 Å². The minimum Gasteiger partial charge on any atom is -0.493 e. The van der Waals surface area contributed by atoms with E-state index in [2.05, 4.69) is 15.8 Å². The molecule has 8 nitrogen and oxygen atoms in total. The molecule has 1 atom stereocenters. The number of rotatable bonds is 6. The number of hydrogen-bond acceptors (Lipinski definition) is 6. The SMILES string of the molecule is COc1cc(C(=O)Nc2ccccc2)cc(NC(=O)C2CC(C)=NO2)c1OC. The largest absolute Gasteiger partial charge is 0.493 e. The summed E-state index contributed by atoms with van der Waals surface area (Å²) in [5.74, 6) is -0.110. The lowest BCUT2D eigenvalue weighted by Crippen LogP contribution is -2.28. The van der Waals surface area contributed by atoms with Crippen LogP contribution in [0.25, 0.3) is 0 Å². The number of carbonyl (C=O) groups is 2. The van der Waals surface area contributed by atoms with Gasteiger partial charge in [-0.2, -0.15) is 0 Å². The number of amides is 2. The predicted molar refractivity (Wildman–Crippen MR) is 105 cm³/mol. The molecule has 0 aliphatic carbocycles. The second kappa shape index (κ2) is 8.43. The van der Waals surface area contributed by atoms with E-state index in [1.165, 1.54) is 20.3 Å². The second-order valence-electron chi connectivity index (χ2n) is 6.19. The first-order valence-electron chi connectivity index (χ1n) is 8.64. The Balaban J connectivity index is 1.86. The second-order valence-corrected chi connectivity index (χ2v) is 6.19. The van der Waals surface area contributed by atoms with Gasteiger partial charge >= 0.3 is 0 Å². The van der Waals surface area contributed by atoms with Gasteiger partial charge in [0.05, 0.1) is 25.6 Å². The molecule has 0 fully saturated rings. The third kappa shape index (κ3) is 4.22. The molecular weight excluding hydrogens is 362 g/mol. The first-order chi connectivity index (χ1) is 13.5. The third-order valence-electron chi connectivity index (χ3n) is 4.14. The van der Waals surface area contributed by atoms with Crippen molar-refractivity contribution in [2.45, 2.75) is 19.4 Å². The molecular formula is C20H21N3O5. The van der Waals surface area contributed by atoms with Crippen LogP contribution in [0.2, 0.25) is 0 Å². The smallest absolute Gasteiger partial charge is 0.268 e. The number of hydrogen-bond donors (Lipinski definition) is 2. The molecule has 146 valence electrons. The molecule has 0 aromatic heterocycles. The number of nitrogens with one attached hydrogen (secondary N) is 2. The number of para-hydroxylation sites is 1. The van der Waals surface area contributed by atoms with E-state index in [0.29, 0.717) is 34.9 Å². The summed E-state index contributed by atoms with van der Waals surface area (Å²) in [4.78, 5) is 30.3. The van der Waals surface area contributed by atoms with E-state index in [-0.39, 0.29) is 11.8 Å². The summed E-state index contributed by atoms with van der Waals surface area (Å²) in [5.41, 5.74) is 2.00. The Morgan fingerprint density at radius 3 is 2.46 bits per heavy atom. The van der Waals surface area contributed by atoms with Crippen LogP contribution in [0, 0.1) is 0 Å². The highest BCUT2D eigenvalue weighted by Gasteiger charge is 2.28. The van der Waals surface area contributed by atoms with Gasteiger partial charge in [-0.3, -0.25) is 9.59 Å². The lowest BCUT2D eigenvalue weighted by molar-refractivity contribution is -0.125. The zero-order chi connectivity index (χ0) is 20.1. The number of oxime groups is 1. The number of anilines is 2. The zero-order valence-corrected chi connectivity index (χ0v) is 15.8. The Kier molecular flexibility index (Phi) is 5.78. The standard InChI is InChI=1S/C20H21N3O5/c1-12-9-17(28-23-12)20(25)22-15-10-13(11-16(26-2)18(15)27-3)19(24)21-14-7-5-4-6-8-14/h4-8,10-11,17H,9H2,1-3H3,(H,21,24)(H,22,25). The summed E-state index contributed by atoms with van der Waals surface area (Å²) in [7, 11) is 2.91. The van der Waals surface area contributed by atoms with Crippen LogP contribution in [-0.2, 0) is 9.63 Å². The zero-order valence-electron chi connectivity index (χ0n) is 15.8. The minimum absolute atomic E-state index is 0.302. The number of methoxy groups -OCH3 is 2. The predicted octanol–water partition coefficient (Wildman–Crippen LogP) is 3.06. The number of benzene rings is 2. The Morgan fingerprint density at radius 2 is 1.86 bits per heavy atom. The van der Waals surface area contributed by atoms with Crippen molar-refractivity contribution in [2.75, 3.05) is 24.9 Å². The Hall–Kier alpha value is -3.55. The van der Waals surface area contributed by atoms with Crippen LogP contribution in [0.5, 0.6) is 11.5 Å². The van der Waals surface area contributed by atoms with Gasteiger partial charge in [0.25, 0.3) is 11.8 Å². The molecule has 0 bridgehead atoms. The average Bonchev–Trinajstić information content (AvgIpc) is 3.14. The van der Waals surface area contributed by atoms with Gasteiger partial charge in [-0.25, -0.2) is 0 Å². The Labute approximate surface area is 162 Å². The highest BCUT2D eigenvalue weighted by atomic mass is 16.6. The van der Waals surface area contributed by atoms with Gasteiger partial charge in [0.2, 0.25) is 6.10 Å². The monoisotopic (exact) mass is 383 g/mol. The molecule has 0 saturated carbocycles. The van der Waals surface area contributed by atoms with Crippen molar-refractivity contribution < 1.29 is 23.9 Å². The summed E-state index contributed by atoms with van der Waals surface area (Å²) < 4.78 is 10.7. The van der Waals surface area contributed by atoms with E-state index in [1.807, 2.05) is 18.2 Å². The van der Waals surface area contributed by atoms with Gasteiger partial charge in [0.15, 0.2) is 11.5 Å². The maximum Gasteiger partial charge on any atom is 0.268 e. The van der Waals surface area contributed by atoms with Crippen molar-refractivity contribution in [3.8, 4) is 11.5 Å². The summed E-state index contributed by atoms with van der Waals surface area (Å²) in [6.45, 7) is 1.78. The van der Waals surface area contributed by atoms with Crippen molar-refractivity contribution in [3.05, 3.63) is 48.0 Å².